The number of halogens is 1. The number of esters is 2. The van der Waals surface area contributed by atoms with E-state index < -0.39 is 35.5 Å². The van der Waals surface area contributed by atoms with Gasteiger partial charge in [0.2, 0.25) is 0 Å². The molecular weight excluding hydrogens is 493 g/mol. The van der Waals surface area contributed by atoms with Crippen molar-refractivity contribution in [2.24, 2.45) is 0 Å². The van der Waals surface area contributed by atoms with Gasteiger partial charge in [-0.05, 0) is 38.8 Å². The van der Waals surface area contributed by atoms with Crippen LogP contribution in [0.3, 0.4) is 0 Å². The third kappa shape index (κ3) is 4.70. The number of rotatable bonds is 7. The lowest BCUT2D eigenvalue weighted by Crippen LogP contribution is -2.55. The number of ether oxygens (including phenoxy) is 3. The minimum Gasteiger partial charge on any atom is -0.459 e. The molecule has 5 rings (SSSR count). The van der Waals surface area contributed by atoms with Crippen molar-refractivity contribution in [1.29, 1.82) is 0 Å². The topological polar surface area (TPSA) is 117 Å². The smallest absolute Gasteiger partial charge is 0.338 e. The lowest BCUT2D eigenvalue weighted by Gasteiger charge is -2.36. The average molecular weight is 526 g/mol. The van der Waals surface area contributed by atoms with E-state index in [1.54, 1.807) is 30.3 Å². The largest absolute Gasteiger partial charge is 0.459 e. The van der Waals surface area contributed by atoms with Gasteiger partial charge in [-0.1, -0.05) is 37.5 Å². The number of fused-ring (bicyclic) bond motifs is 1. The number of nitrogens with one attached hydrogen (secondary N) is 1. The Hall–Kier alpha value is -3.60. The van der Waals surface area contributed by atoms with Crippen LogP contribution in [0.15, 0.2) is 43.0 Å². The van der Waals surface area contributed by atoms with Crippen LogP contribution < -0.4 is 5.32 Å². The van der Waals surface area contributed by atoms with Crippen LogP contribution in [-0.4, -0.2) is 61.5 Å². The van der Waals surface area contributed by atoms with Gasteiger partial charge in [0.05, 0.1) is 11.9 Å². The number of hydrogen-bond donors (Lipinski definition) is 1. The molecule has 202 valence electrons. The first-order valence-electron chi connectivity index (χ1n) is 12.9. The molecule has 1 aliphatic carbocycles. The number of carbonyl (C=O) groups excluding carboxylic acids is 2. The maximum Gasteiger partial charge on any atom is 0.338 e. The van der Waals surface area contributed by atoms with Crippen LogP contribution in [0.2, 0.25) is 0 Å². The number of aromatic nitrogens is 4. The molecule has 10 nitrogen and oxygen atoms in total. The fraction of sp³-hybridized carbons (Fsp3) is 0.519. The summed E-state index contributed by atoms with van der Waals surface area (Å²) >= 11 is 0. The van der Waals surface area contributed by atoms with E-state index in [4.69, 9.17) is 14.2 Å². The Morgan fingerprint density at radius 2 is 1.87 bits per heavy atom. The molecule has 4 atom stereocenters. The Morgan fingerprint density at radius 1 is 1.13 bits per heavy atom. The molecule has 38 heavy (non-hydrogen) atoms. The minimum atomic E-state index is -2.24. The molecule has 0 radical (unpaired) electrons. The summed E-state index contributed by atoms with van der Waals surface area (Å²) in [5, 5.41) is 3.46. The van der Waals surface area contributed by atoms with E-state index in [1.165, 1.54) is 44.4 Å². The Morgan fingerprint density at radius 3 is 2.58 bits per heavy atom. The third-order valence-corrected chi connectivity index (χ3v) is 7.63. The Labute approximate surface area is 219 Å². The molecule has 2 unspecified atom stereocenters. The highest BCUT2D eigenvalue weighted by atomic mass is 19.1. The Kier molecular flexibility index (Phi) is 7.04. The molecule has 0 bridgehead atoms. The fourth-order valence-electron chi connectivity index (χ4n) is 5.34. The molecule has 1 saturated heterocycles. The molecule has 3 heterocycles. The average Bonchev–Trinajstić information content (AvgIpc) is 3.40. The Balaban J connectivity index is 1.43. The van der Waals surface area contributed by atoms with Crippen molar-refractivity contribution in [2.75, 3.05) is 11.9 Å². The van der Waals surface area contributed by atoms with E-state index in [9.17, 15) is 9.59 Å². The van der Waals surface area contributed by atoms with Gasteiger partial charge in [-0.15, -0.1) is 0 Å². The van der Waals surface area contributed by atoms with Crippen molar-refractivity contribution in [3.05, 3.63) is 48.5 Å². The van der Waals surface area contributed by atoms with Crippen LogP contribution in [-0.2, 0) is 19.0 Å². The van der Waals surface area contributed by atoms with Crippen molar-refractivity contribution in [2.45, 2.75) is 82.5 Å². The molecule has 11 heteroatoms. The molecular formula is C27H32FN5O5. The predicted molar refractivity (Wildman–Crippen MR) is 136 cm³/mol. The van der Waals surface area contributed by atoms with Crippen molar-refractivity contribution >= 4 is 28.9 Å². The maximum atomic E-state index is 16.7. The highest BCUT2D eigenvalue weighted by Gasteiger charge is 2.66. The number of nitrogens with zero attached hydrogens (tertiary/aromatic N) is 4. The first kappa shape index (κ1) is 26.0. The van der Waals surface area contributed by atoms with E-state index in [-0.39, 0.29) is 12.6 Å². The minimum absolute atomic E-state index is 0.289. The van der Waals surface area contributed by atoms with Crippen LogP contribution in [0.1, 0.15) is 69.5 Å². The summed E-state index contributed by atoms with van der Waals surface area (Å²) in [7, 11) is 0. The maximum absolute atomic E-state index is 16.7. The van der Waals surface area contributed by atoms with Gasteiger partial charge in [0.1, 0.15) is 19.0 Å². The van der Waals surface area contributed by atoms with Crippen LogP contribution in [0.4, 0.5) is 10.2 Å². The molecule has 2 fully saturated rings. The molecule has 1 N–H and O–H groups in total. The van der Waals surface area contributed by atoms with Gasteiger partial charge < -0.3 is 19.5 Å². The fourth-order valence-corrected chi connectivity index (χ4v) is 5.34. The summed E-state index contributed by atoms with van der Waals surface area (Å²) in [6.07, 6.45) is 6.11. The summed E-state index contributed by atoms with van der Waals surface area (Å²) in [5.41, 5.74) is -2.80. The summed E-state index contributed by atoms with van der Waals surface area (Å²) in [6.45, 7) is 3.61. The number of alkyl halides is 1. The second-order valence-electron chi connectivity index (χ2n) is 10.2. The first-order valence-corrected chi connectivity index (χ1v) is 12.9. The number of benzene rings is 1. The van der Waals surface area contributed by atoms with Crippen molar-refractivity contribution in [1.82, 2.24) is 19.5 Å². The first-order chi connectivity index (χ1) is 18.2. The van der Waals surface area contributed by atoms with Gasteiger partial charge in [-0.3, -0.25) is 9.36 Å². The Bertz CT molecular complexity index is 1310. The summed E-state index contributed by atoms with van der Waals surface area (Å²) in [4.78, 5) is 37.8. The van der Waals surface area contributed by atoms with Crippen molar-refractivity contribution in [3.63, 3.8) is 0 Å². The molecule has 0 spiro atoms. The molecule has 1 saturated carbocycles. The molecule has 2 aromatic heterocycles. The zero-order valence-electron chi connectivity index (χ0n) is 21.7. The van der Waals surface area contributed by atoms with Gasteiger partial charge in [0, 0.05) is 13.0 Å². The van der Waals surface area contributed by atoms with Crippen LogP contribution in [0, 0.1) is 0 Å². The second kappa shape index (κ2) is 10.3. The van der Waals surface area contributed by atoms with Gasteiger partial charge in [0.15, 0.2) is 34.5 Å². The standard InChI is InChI=1S/C27H32FN5O5/c1-17(34)38-27(3)20(14-36-24(35)18-10-6-4-7-11-18)37-25(26(27,2)28)33-16-31-21-22(29-15-30-23(21)33)32-19-12-8-5-9-13-19/h4,6-7,10-11,15-16,19-20,25H,5,8-9,12-14H2,1-3H3,(H,29,30,32)/t20-,25?,26+,27?/m1/s1. The SMILES string of the molecule is CC(=O)OC1(C)[C@@H](COC(=O)c2ccccc2)OC(n2cnc3c(NC4CCCCC4)ncnc32)[C@]1(C)F. The van der Waals surface area contributed by atoms with Gasteiger partial charge in [0.25, 0.3) is 0 Å². The highest BCUT2D eigenvalue weighted by molar-refractivity contribution is 5.89. The van der Waals surface area contributed by atoms with Gasteiger partial charge >= 0.3 is 11.9 Å². The molecule has 3 aromatic rings. The van der Waals surface area contributed by atoms with Crippen LogP contribution >= 0.6 is 0 Å². The molecule has 1 aliphatic heterocycles. The molecule has 1 aromatic carbocycles. The number of anilines is 1. The highest BCUT2D eigenvalue weighted by Crippen LogP contribution is 2.51. The van der Waals surface area contributed by atoms with E-state index in [0.717, 1.165) is 25.7 Å². The monoisotopic (exact) mass is 525 g/mol. The lowest BCUT2D eigenvalue weighted by molar-refractivity contribution is -0.175. The van der Waals surface area contributed by atoms with Crippen molar-refractivity contribution < 1.29 is 28.2 Å². The molecule has 2 aliphatic rings. The number of hydrogen-bond acceptors (Lipinski definition) is 9. The van der Waals surface area contributed by atoms with E-state index in [0.29, 0.717) is 22.5 Å². The predicted octanol–water partition coefficient (Wildman–Crippen LogP) is 4.38. The molecule has 0 amide bonds. The second-order valence-corrected chi connectivity index (χ2v) is 10.2. The quantitative estimate of drug-likeness (QED) is 0.449. The zero-order chi connectivity index (χ0) is 26.9. The zero-order valence-corrected chi connectivity index (χ0v) is 21.7. The van der Waals surface area contributed by atoms with Crippen LogP contribution in [0.5, 0.6) is 0 Å². The van der Waals surface area contributed by atoms with E-state index in [1.807, 2.05) is 0 Å². The summed E-state index contributed by atoms with van der Waals surface area (Å²) in [5.74, 6) is -0.699. The summed E-state index contributed by atoms with van der Waals surface area (Å²) in [6, 6.07) is 8.72. The number of imidazole rings is 1. The van der Waals surface area contributed by atoms with Gasteiger partial charge in [-0.2, -0.15) is 0 Å². The third-order valence-electron chi connectivity index (χ3n) is 7.63. The van der Waals surface area contributed by atoms with E-state index in [2.05, 4.69) is 20.3 Å². The number of carbonyl (C=O) groups is 2. The van der Waals surface area contributed by atoms with E-state index >= 15 is 4.39 Å². The lowest BCUT2D eigenvalue weighted by atomic mass is 9.84. The summed E-state index contributed by atoms with van der Waals surface area (Å²) < 4.78 is 35.3. The normalized spacial score (nSPS) is 27.8. The van der Waals surface area contributed by atoms with Crippen molar-refractivity contribution in [3.8, 4) is 0 Å². The van der Waals surface area contributed by atoms with Gasteiger partial charge in [-0.25, -0.2) is 24.1 Å². The van der Waals surface area contributed by atoms with Crippen LogP contribution in [0.25, 0.3) is 11.2 Å².